The Morgan fingerprint density at radius 1 is 1.12 bits per heavy atom. The van der Waals surface area contributed by atoms with Crippen molar-refractivity contribution in [2.24, 2.45) is 0 Å². The van der Waals surface area contributed by atoms with E-state index in [1.165, 1.54) is 23.8 Å². The number of aliphatic carboxylic acids is 1. The largest absolute Gasteiger partial charge is 0.478 e. The van der Waals surface area contributed by atoms with Gasteiger partial charge in [0, 0.05) is 38.5 Å². The first-order valence-electron chi connectivity index (χ1n) is 8.52. The zero-order valence-corrected chi connectivity index (χ0v) is 14.0. The second-order valence-electron chi connectivity index (χ2n) is 6.44. The number of hydrogen-bond acceptors (Lipinski definition) is 3. The van der Waals surface area contributed by atoms with Crippen molar-refractivity contribution in [1.29, 1.82) is 0 Å². The van der Waals surface area contributed by atoms with E-state index in [1.54, 1.807) is 6.07 Å². The molecule has 5 heteroatoms. The molecule has 4 nitrogen and oxygen atoms in total. The molecular formula is C20H22FNO3. The first-order chi connectivity index (χ1) is 12.1. The molecule has 0 radical (unpaired) electrons. The molecule has 1 aliphatic heterocycles. The number of benzene rings is 2. The average Bonchev–Trinajstić information content (AvgIpc) is 2.62. The second kappa shape index (κ2) is 7.66. The van der Waals surface area contributed by atoms with Crippen LogP contribution in [0.5, 0.6) is 5.75 Å². The van der Waals surface area contributed by atoms with Crippen molar-refractivity contribution in [1.82, 2.24) is 4.90 Å². The van der Waals surface area contributed by atoms with Crippen molar-refractivity contribution < 1.29 is 19.0 Å². The van der Waals surface area contributed by atoms with Gasteiger partial charge in [-0.2, -0.15) is 0 Å². The number of hydrogen-bond donors (Lipinski definition) is 1. The summed E-state index contributed by atoms with van der Waals surface area (Å²) in [7, 11) is 0. The van der Waals surface area contributed by atoms with Crippen LogP contribution in [0.2, 0.25) is 0 Å². The van der Waals surface area contributed by atoms with E-state index in [0.717, 1.165) is 13.0 Å². The van der Waals surface area contributed by atoms with E-state index in [1.807, 2.05) is 18.2 Å². The third kappa shape index (κ3) is 4.37. The Hall–Kier alpha value is -2.40. The normalized spacial score (nSPS) is 17.2. The number of likely N-dealkylation sites (tertiary alicyclic amines) is 1. The van der Waals surface area contributed by atoms with Crippen LogP contribution >= 0.6 is 0 Å². The van der Waals surface area contributed by atoms with Crippen molar-refractivity contribution in [3.05, 3.63) is 66.0 Å². The van der Waals surface area contributed by atoms with Gasteiger partial charge in [0.1, 0.15) is 11.6 Å². The van der Waals surface area contributed by atoms with Gasteiger partial charge in [-0.25, -0.2) is 9.18 Å². The number of halogens is 1. The summed E-state index contributed by atoms with van der Waals surface area (Å²) in [4.78, 5) is 14.1. The SMILES string of the molecule is O=C(O)C1(Oc2cccc(F)c2)CCN(CCc2ccccc2)CC1. The van der Waals surface area contributed by atoms with Crippen LogP contribution in [0.15, 0.2) is 54.6 Å². The minimum atomic E-state index is -1.28. The summed E-state index contributed by atoms with van der Waals surface area (Å²) in [6.45, 7) is 2.18. The molecule has 1 aliphatic rings. The van der Waals surface area contributed by atoms with Crippen molar-refractivity contribution in [2.45, 2.75) is 24.9 Å². The zero-order chi connectivity index (χ0) is 17.7. The number of nitrogens with zero attached hydrogens (tertiary/aromatic N) is 1. The Morgan fingerprint density at radius 3 is 2.48 bits per heavy atom. The first-order valence-corrected chi connectivity index (χ1v) is 8.52. The molecule has 0 aliphatic carbocycles. The fraction of sp³-hybridized carbons (Fsp3) is 0.350. The molecule has 1 heterocycles. The van der Waals surface area contributed by atoms with Crippen LogP contribution < -0.4 is 4.74 Å². The minimum Gasteiger partial charge on any atom is -0.478 e. The topological polar surface area (TPSA) is 49.8 Å². The third-order valence-corrected chi connectivity index (χ3v) is 4.72. The standard InChI is InChI=1S/C20H22FNO3/c21-17-7-4-8-18(15-17)25-20(19(23)24)10-13-22(14-11-20)12-9-16-5-2-1-3-6-16/h1-8,15H,9-14H2,(H,23,24). The molecule has 0 amide bonds. The van der Waals surface area contributed by atoms with E-state index in [9.17, 15) is 14.3 Å². The predicted molar refractivity (Wildman–Crippen MR) is 93.2 cm³/mol. The number of carbonyl (C=O) groups is 1. The van der Waals surface area contributed by atoms with E-state index in [-0.39, 0.29) is 5.75 Å². The lowest BCUT2D eigenvalue weighted by Gasteiger charge is -2.38. The molecular weight excluding hydrogens is 321 g/mol. The van der Waals surface area contributed by atoms with Crippen LogP contribution in [0.4, 0.5) is 4.39 Å². The quantitative estimate of drug-likeness (QED) is 0.874. The molecule has 132 valence electrons. The van der Waals surface area contributed by atoms with Crippen LogP contribution in [-0.2, 0) is 11.2 Å². The molecule has 2 aromatic rings. The van der Waals surface area contributed by atoms with Gasteiger partial charge < -0.3 is 14.7 Å². The summed E-state index contributed by atoms with van der Waals surface area (Å²) in [6.07, 6.45) is 1.70. The zero-order valence-electron chi connectivity index (χ0n) is 14.0. The maximum absolute atomic E-state index is 13.3. The first kappa shape index (κ1) is 17.4. The highest BCUT2D eigenvalue weighted by Crippen LogP contribution is 2.29. The summed E-state index contributed by atoms with van der Waals surface area (Å²) in [5, 5.41) is 9.68. The maximum Gasteiger partial charge on any atom is 0.348 e. The van der Waals surface area contributed by atoms with Gasteiger partial charge in [0.15, 0.2) is 0 Å². The molecule has 0 unspecified atom stereocenters. The monoisotopic (exact) mass is 343 g/mol. The molecule has 0 bridgehead atoms. The summed E-state index contributed by atoms with van der Waals surface area (Å²) in [5.74, 6) is -1.15. The van der Waals surface area contributed by atoms with E-state index in [0.29, 0.717) is 25.9 Å². The number of carboxylic acids is 1. The van der Waals surface area contributed by atoms with Crippen LogP contribution in [0.25, 0.3) is 0 Å². The molecule has 0 saturated carbocycles. The van der Waals surface area contributed by atoms with Crippen LogP contribution in [0.3, 0.4) is 0 Å². The highest BCUT2D eigenvalue weighted by molar-refractivity contribution is 5.78. The average molecular weight is 343 g/mol. The summed E-state index contributed by atoms with van der Waals surface area (Å²) in [6, 6.07) is 15.9. The van der Waals surface area contributed by atoms with Crippen molar-refractivity contribution in [2.75, 3.05) is 19.6 Å². The fourth-order valence-electron chi connectivity index (χ4n) is 3.19. The number of piperidine rings is 1. The summed E-state index contributed by atoms with van der Waals surface area (Å²) >= 11 is 0. The van der Waals surface area contributed by atoms with Gasteiger partial charge in [0.05, 0.1) is 0 Å². The Balaban J connectivity index is 1.59. The number of ether oxygens (including phenoxy) is 1. The van der Waals surface area contributed by atoms with E-state index in [4.69, 9.17) is 4.74 Å². The lowest BCUT2D eigenvalue weighted by atomic mass is 9.90. The minimum absolute atomic E-state index is 0.264. The number of carboxylic acid groups (broad SMARTS) is 1. The molecule has 1 fully saturated rings. The Kier molecular flexibility index (Phi) is 5.34. The molecule has 1 N–H and O–H groups in total. The molecule has 0 aromatic heterocycles. The Bertz CT molecular complexity index is 712. The predicted octanol–water partition coefficient (Wildman–Crippen LogP) is 3.37. The molecule has 0 atom stereocenters. The van der Waals surface area contributed by atoms with Gasteiger partial charge in [0.25, 0.3) is 0 Å². The molecule has 1 saturated heterocycles. The summed E-state index contributed by atoms with van der Waals surface area (Å²) in [5.41, 5.74) is -0.00888. The van der Waals surface area contributed by atoms with Crippen molar-refractivity contribution >= 4 is 5.97 Å². The van der Waals surface area contributed by atoms with Crippen LogP contribution in [0, 0.1) is 5.82 Å². The molecule has 3 rings (SSSR count). The van der Waals surface area contributed by atoms with Gasteiger partial charge in [-0.15, -0.1) is 0 Å². The molecule has 0 spiro atoms. The smallest absolute Gasteiger partial charge is 0.348 e. The van der Waals surface area contributed by atoms with Gasteiger partial charge in [-0.05, 0) is 24.1 Å². The Labute approximate surface area is 146 Å². The van der Waals surface area contributed by atoms with E-state index < -0.39 is 17.4 Å². The van der Waals surface area contributed by atoms with Crippen LogP contribution in [-0.4, -0.2) is 41.2 Å². The lowest BCUT2D eigenvalue weighted by molar-refractivity contribution is -0.159. The van der Waals surface area contributed by atoms with E-state index >= 15 is 0 Å². The van der Waals surface area contributed by atoms with E-state index in [2.05, 4.69) is 17.0 Å². The van der Waals surface area contributed by atoms with Gasteiger partial charge in [-0.3, -0.25) is 0 Å². The van der Waals surface area contributed by atoms with Gasteiger partial charge in [-0.1, -0.05) is 36.4 Å². The fourth-order valence-corrected chi connectivity index (χ4v) is 3.19. The molecule has 2 aromatic carbocycles. The second-order valence-corrected chi connectivity index (χ2v) is 6.44. The van der Waals surface area contributed by atoms with Crippen molar-refractivity contribution in [3.8, 4) is 5.75 Å². The van der Waals surface area contributed by atoms with Gasteiger partial charge >= 0.3 is 5.97 Å². The summed E-state index contributed by atoms with van der Waals surface area (Å²) < 4.78 is 19.1. The highest BCUT2D eigenvalue weighted by atomic mass is 19.1. The highest BCUT2D eigenvalue weighted by Gasteiger charge is 2.44. The lowest BCUT2D eigenvalue weighted by Crippen LogP contribution is -2.53. The van der Waals surface area contributed by atoms with Crippen molar-refractivity contribution in [3.63, 3.8) is 0 Å². The molecule has 25 heavy (non-hydrogen) atoms. The maximum atomic E-state index is 13.3. The Morgan fingerprint density at radius 2 is 1.84 bits per heavy atom. The third-order valence-electron chi connectivity index (χ3n) is 4.72. The number of rotatable bonds is 6. The van der Waals surface area contributed by atoms with Gasteiger partial charge in [0.2, 0.25) is 5.60 Å². The van der Waals surface area contributed by atoms with Crippen LogP contribution in [0.1, 0.15) is 18.4 Å².